The molecule has 174 valence electrons. The third kappa shape index (κ3) is 5.31. The molecule has 1 fully saturated rings. The molecule has 2 aromatic heterocycles. The number of rotatable bonds is 7. The van der Waals surface area contributed by atoms with Crippen molar-refractivity contribution in [1.29, 1.82) is 0 Å². The average Bonchev–Trinajstić information content (AvgIpc) is 3.43. The van der Waals surface area contributed by atoms with Gasteiger partial charge >= 0.3 is 0 Å². The Labute approximate surface area is 202 Å². The van der Waals surface area contributed by atoms with Crippen LogP contribution in [-0.2, 0) is 9.53 Å². The van der Waals surface area contributed by atoms with Gasteiger partial charge in [-0.2, -0.15) is 0 Å². The average molecular weight is 485 g/mol. The Balaban J connectivity index is 1.58. The van der Waals surface area contributed by atoms with Gasteiger partial charge in [-0.05, 0) is 31.9 Å². The molecule has 3 aromatic rings. The summed E-state index contributed by atoms with van der Waals surface area (Å²) in [6.07, 6.45) is 3.66. The first-order valence-electron chi connectivity index (χ1n) is 11.0. The molecular weight excluding hydrogens is 456 g/mol. The summed E-state index contributed by atoms with van der Waals surface area (Å²) in [5.41, 5.74) is 2.49. The second-order valence-electron chi connectivity index (χ2n) is 8.08. The Morgan fingerprint density at radius 1 is 1.21 bits per heavy atom. The molecule has 0 bridgehead atoms. The Kier molecular flexibility index (Phi) is 7.52. The van der Waals surface area contributed by atoms with Crippen LogP contribution < -0.4 is 5.32 Å². The van der Waals surface area contributed by atoms with Crippen molar-refractivity contribution in [2.45, 2.75) is 32.0 Å². The van der Waals surface area contributed by atoms with E-state index in [1.807, 2.05) is 48.0 Å². The van der Waals surface area contributed by atoms with Gasteiger partial charge in [0.2, 0.25) is 5.91 Å². The standard InChI is InChI=1S/C24H28N4O3S2/c1-16(2)28-10-9-25-24(28)32-15-19(29)26-22-20(23(30)27-11-13-31-14-12-27)17(3)21(33-22)18-7-5-4-6-8-18/h4-10,16H,11-15H2,1-3H3,(H,26,29). The second-order valence-corrected chi connectivity index (χ2v) is 10.0. The number of hydrogen-bond donors (Lipinski definition) is 1. The van der Waals surface area contributed by atoms with E-state index in [9.17, 15) is 9.59 Å². The minimum atomic E-state index is -0.157. The summed E-state index contributed by atoms with van der Waals surface area (Å²) in [5, 5.41) is 4.42. The maximum atomic E-state index is 13.4. The highest BCUT2D eigenvalue weighted by Crippen LogP contribution is 2.40. The lowest BCUT2D eigenvalue weighted by Gasteiger charge is -2.27. The fourth-order valence-electron chi connectivity index (χ4n) is 3.75. The third-order valence-corrected chi connectivity index (χ3v) is 7.71. The molecule has 4 rings (SSSR count). The van der Waals surface area contributed by atoms with Crippen molar-refractivity contribution < 1.29 is 14.3 Å². The molecule has 1 aliphatic heterocycles. The first-order valence-corrected chi connectivity index (χ1v) is 12.8. The van der Waals surface area contributed by atoms with Gasteiger partial charge in [0, 0.05) is 36.4 Å². The van der Waals surface area contributed by atoms with Crippen molar-refractivity contribution in [2.24, 2.45) is 0 Å². The molecule has 1 saturated heterocycles. The topological polar surface area (TPSA) is 76.5 Å². The first-order chi connectivity index (χ1) is 16.0. The molecule has 0 saturated carbocycles. The summed E-state index contributed by atoms with van der Waals surface area (Å²) in [6.45, 7) is 8.27. The number of thiophene rings is 1. The van der Waals surface area contributed by atoms with E-state index in [1.165, 1.54) is 23.1 Å². The number of anilines is 1. The van der Waals surface area contributed by atoms with Crippen LogP contribution in [-0.4, -0.2) is 58.3 Å². The highest BCUT2D eigenvalue weighted by molar-refractivity contribution is 7.99. The molecule has 33 heavy (non-hydrogen) atoms. The van der Waals surface area contributed by atoms with Crippen LogP contribution in [0.2, 0.25) is 0 Å². The number of ether oxygens (including phenoxy) is 1. The minimum Gasteiger partial charge on any atom is -0.378 e. The molecule has 3 heterocycles. The third-order valence-electron chi connectivity index (χ3n) is 5.47. The SMILES string of the molecule is Cc1c(-c2ccccc2)sc(NC(=O)CSc2nccn2C(C)C)c1C(=O)N1CCOCC1. The lowest BCUT2D eigenvalue weighted by molar-refractivity contribution is -0.113. The number of benzene rings is 1. The predicted molar refractivity (Wildman–Crippen MR) is 133 cm³/mol. The highest BCUT2D eigenvalue weighted by atomic mass is 32.2. The van der Waals surface area contributed by atoms with Gasteiger partial charge in [-0.1, -0.05) is 42.1 Å². The van der Waals surface area contributed by atoms with Gasteiger partial charge in [-0.25, -0.2) is 4.98 Å². The van der Waals surface area contributed by atoms with E-state index >= 15 is 0 Å². The number of nitrogens with zero attached hydrogens (tertiary/aromatic N) is 3. The maximum Gasteiger partial charge on any atom is 0.257 e. The van der Waals surface area contributed by atoms with E-state index in [0.29, 0.717) is 36.9 Å². The molecule has 9 heteroatoms. The van der Waals surface area contributed by atoms with Gasteiger partial charge < -0.3 is 19.5 Å². The predicted octanol–water partition coefficient (Wildman–Crippen LogP) is 4.70. The van der Waals surface area contributed by atoms with E-state index < -0.39 is 0 Å². The molecule has 1 aliphatic rings. The lowest BCUT2D eigenvalue weighted by Crippen LogP contribution is -2.41. The number of aromatic nitrogens is 2. The number of amides is 2. The quantitative estimate of drug-likeness (QED) is 0.492. The Hall–Kier alpha value is -2.62. The molecule has 7 nitrogen and oxygen atoms in total. The van der Waals surface area contributed by atoms with E-state index in [-0.39, 0.29) is 23.6 Å². The van der Waals surface area contributed by atoms with Crippen LogP contribution in [0.3, 0.4) is 0 Å². The van der Waals surface area contributed by atoms with Crippen LogP contribution in [0, 0.1) is 6.92 Å². The van der Waals surface area contributed by atoms with Gasteiger partial charge in [0.25, 0.3) is 5.91 Å². The summed E-state index contributed by atoms with van der Waals surface area (Å²) in [7, 11) is 0. The molecule has 0 radical (unpaired) electrons. The van der Waals surface area contributed by atoms with Crippen LogP contribution in [0.1, 0.15) is 35.8 Å². The molecule has 0 atom stereocenters. The van der Waals surface area contributed by atoms with Crippen LogP contribution in [0.5, 0.6) is 0 Å². The Morgan fingerprint density at radius 2 is 1.94 bits per heavy atom. The van der Waals surface area contributed by atoms with E-state index in [4.69, 9.17) is 4.74 Å². The smallest absolute Gasteiger partial charge is 0.257 e. The fraction of sp³-hybridized carbons (Fsp3) is 0.375. The normalized spacial score (nSPS) is 14.0. The number of morpholine rings is 1. The summed E-state index contributed by atoms with van der Waals surface area (Å²) in [4.78, 5) is 33.5. The van der Waals surface area contributed by atoms with Gasteiger partial charge in [0.1, 0.15) is 5.00 Å². The number of carbonyl (C=O) groups is 2. The lowest BCUT2D eigenvalue weighted by atomic mass is 10.1. The molecule has 0 aliphatic carbocycles. The monoisotopic (exact) mass is 484 g/mol. The second kappa shape index (κ2) is 10.5. The van der Waals surface area contributed by atoms with Gasteiger partial charge in [0.05, 0.1) is 24.5 Å². The molecule has 0 spiro atoms. The number of thioether (sulfide) groups is 1. The van der Waals surface area contributed by atoms with Crippen molar-refractivity contribution in [3.8, 4) is 10.4 Å². The summed E-state index contributed by atoms with van der Waals surface area (Å²) in [6, 6.07) is 10.2. The summed E-state index contributed by atoms with van der Waals surface area (Å²) < 4.78 is 7.44. The zero-order chi connectivity index (χ0) is 23.4. The van der Waals surface area contributed by atoms with E-state index in [1.54, 1.807) is 11.1 Å². The Morgan fingerprint density at radius 3 is 2.64 bits per heavy atom. The zero-order valence-corrected chi connectivity index (χ0v) is 20.7. The number of imidazole rings is 1. The molecule has 1 aromatic carbocycles. The van der Waals surface area contributed by atoms with E-state index in [2.05, 4.69) is 24.1 Å². The highest BCUT2D eigenvalue weighted by Gasteiger charge is 2.28. The van der Waals surface area contributed by atoms with Crippen molar-refractivity contribution in [3.05, 3.63) is 53.9 Å². The van der Waals surface area contributed by atoms with Gasteiger partial charge in [-0.3, -0.25) is 9.59 Å². The van der Waals surface area contributed by atoms with Crippen LogP contribution in [0.15, 0.2) is 47.9 Å². The van der Waals surface area contributed by atoms with Crippen LogP contribution >= 0.6 is 23.1 Å². The maximum absolute atomic E-state index is 13.4. The molecule has 1 N–H and O–H groups in total. The van der Waals surface area contributed by atoms with Crippen molar-refractivity contribution in [2.75, 3.05) is 37.4 Å². The fourth-order valence-corrected chi connectivity index (χ4v) is 5.85. The summed E-state index contributed by atoms with van der Waals surface area (Å²) in [5.74, 6) is -0.00488. The largest absolute Gasteiger partial charge is 0.378 e. The molecule has 2 amide bonds. The van der Waals surface area contributed by atoms with E-state index in [0.717, 1.165) is 21.2 Å². The van der Waals surface area contributed by atoms with Gasteiger partial charge in [0.15, 0.2) is 5.16 Å². The van der Waals surface area contributed by atoms with Crippen molar-refractivity contribution in [1.82, 2.24) is 14.5 Å². The number of hydrogen-bond acceptors (Lipinski definition) is 6. The van der Waals surface area contributed by atoms with Gasteiger partial charge in [-0.15, -0.1) is 11.3 Å². The minimum absolute atomic E-state index is 0.0625. The number of carbonyl (C=O) groups excluding carboxylic acids is 2. The number of nitrogens with one attached hydrogen (secondary N) is 1. The summed E-state index contributed by atoms with van der Waals surface area (Å²) >= 11 is 2.84. The van der Waals surface area contributed by atoms with Crippen molar-refractivity contribution in [3.63, 3.8) is 0 Å². The van der Waals surface area contributed by atoms with Crippen LogP contribution in [0.4, 0.5) is 5.00 Å². The zero-order valence-electron chi connectivity index (χ0n) is 19.0. The molecule has 0 unspecified atom stereocenters. The molecular formula is C24H28N4O3S2. The van der Waals surface area contributed by atoms with Crippen LogP contribution in [0.25, 0.3) is 10.4 Å². The Bertz CT molecular complexity index is 1120. The van der Waals surface area contributed by atoms with Crippen molar-refractivity contribution >= 4 is 39.9 Å². The first kappa shape index (κ1) is 23.5.